The summed E-state index contributed by atoms with van der Waals surface area (Å²) in [6.07, 6.45) is 7.99. The molecule has 1 aliphatic carbocycles. The molecule has 1 heterocycles. The normalized spacial score (nSPS) is 27.5. The van der Waals surface area contributed by atoms with Crippen LogP contribution >= 0.6 is 7.26 Å². The van der Waals surface area contributed by atoms with Crippen LogP contribution in [0.15, 0.2) is 22.8 Å². The Hall–Kier alpha value is -0.0900. The molecule has 0 nitrogen and oxygen atoms in total. The highest BCUT2D eigenvalue weighted by atomic mass is 31.2. The molecular weight excluding hydrogens is 151 g/mol. The van der Waals surface area contributed by atoms with E-state index >= 15 is 0 Å². The van der Waals surface area contributed by atoms with Crippen LogP contribution in [-0.4, -0.2) is 13.3 Å². The van der Waals surface area contributed by atoms with Gasteiger partial charge in [0.1, 0.15) is 0 Å². The maximum atomic E-state index is 2.48. The minimum atomic E-state index is -0.726. The van der Waals surface area contributed by atoms with Gasteiger partial charge in [0.05, 0.1) is 31.7 Å². The Balaban J connectivity index is 2.35. The molecule has 0 N–H and O–H groups in total. The summed E-state index contributed by atoms with van der Waals surface area (Å²) >= 11 is 0. The topological polar surface area (TPSA) is 0 Å². The molecule has 0 aromatic carbocycles. The average Bonchev–Trinajstić information content (AvgIpc) is 2.29. The molecule has 0 fully saturated rings. The molecule has 0 spiro atoms. The molecule has 0 saturated carbocycles. The van der Waals surface area contributed by atoms with Gasteiger partial charge in [-0.3, -0.25) is 0 Å². The van der Waals surface area contributed by atoms with E-state index in [0.29, 0.717) is 0 Å². The Morgan fingerprint density at radius 2 is 1.91 bits per heavy atom. The molecule has 0 bridgehead atoms. The van der Waals surface area contributed by atoms with E-state index in [1.54, 1.807) is 5.57 Å². The van der Waals surface area contributed by atoms with E-state index < -0.39 is 7.26 Å². The zero-order chi connectivity index (χ0) is 7.90. The molecule has 2 rings (SSSR count). The van der Waals surface area contributed by atoms with E-state index in [0.717, 1.165) is 0 Å². The summed E-state index contributed by atoms with van der Waals surface area (Å²) in [6.45, 7) is 4.88. The molecule has 60 valence electrons. The van der Waals surface area contributed by atoms with Crippen LogP contribution in [0.3, 0.4) is 0 Å². The van der Waals surface area contributed by atoms with Crippen molar-refractivity contribution < 1.29 is 0 Å². The van der Waals surface area contributed by atoms with E-state index in [2.05, 4.69) is 25.2 Å². The van der Waals surface area contributed by atoms with Gasteiger partial charge in [-0.05, 0) is 30.9 Å². The first-order valence-electron chi connectivity index (χ1n) is 4.46. The second kappa shape index (κ2) is 2.45. The molecule has 1 aliphatic heterocycles. The quantitative estimate of drug-likeness (QED) is 0.483. The average molecular weight is 167 g/mol. The highest BCUT2D eigenvalue weighted by molar-refractivity contribution is 7.81. The Morgan fingerprint density at radius 1 is 1.18 bits per heavy atom. The van der Waals surface area contributed by atoms with E-state index in [4.69, 9.17) is 0 Å². The lowest BCUT2D eigenvalue weighted by Gasteiger charge is -2.18. The van der Waals surface area contributed by atoms with Gasteiger partial charge in [0.15, 0.2) is 0 Å². The molecule has 0 unspecified atom stereocenters. The summed E-state index contributed by atoms with van der Waals surface area (Å²) < 4.78 is 0. The Bertz CT molecular complexity index is 233. The van der Waals surface area contributed by atoms with Crippen LogP contribution in [-0.2, 0) is 0 Å². The van der Waals surface area contributed by atoms with Gasteiger partial charge in [-0.1, -0.05) is 0 Å². The molecule has 0 atom stereocenters. The first-order chi connectivity index (χ1) is 5.20. The third kappa shape index (κ3) is 1.18. The van der Waals surface area contributed by atoms with Crippen LogP contribution in [0.1, 0.15) is 25.7 Å². The number of rotatable bonds is 0. The fourth-order valence-electron chi connectivity index (χ4n) is 2.12. The fourth-order valence-corrected chi connectivity index (χ4v) is 4.51. The summed E-state index contributed by atoms with van der Waals surface area (Å²) in [5, 5.41) is 1.82. The van der Waals surface area contributed by atoms with Gasteiger partial charge in [-0.25, -0.2) is 0 Å². The van der Waals surface area contributed by atoms with Crippen LogP contribution in [0.2, 0.25) is 0 Å². The molecule has 0 radical (unpaired) electrons. The van der Waals surface area contributed by atoms with Gasteiger partial charge in [-0.2, -0.15) is 0 Å². The van der Waals surface area contributed by atoms with Crippen LogP contribution in [0, 0.1) is 0 Å². The van der Waals surface area contributed by atoms with Gasteiger partial charge in [-0.15, -0.1) is 0 Å². The lowest BCUT2D eigenvalue weighted by molar-refractivity contribution is 0.705. The van der Waals surface area contributed by atoms with Crippen molar-refractivity contribution in [3.05, 3.63) is 22.8 Å². The van der Waals surface area contributed by atoms with Gasteiger partial charge < -0.3 is 0 Å². The van der Waals surface area contributed by atoms with Crippen molar-refractivity contribution in [1.82, 2.24) is 0 Å². The summed E-state index contributed by atoms with van der Waals surface area (Å²) in [6, 6.07) is 0. The molecule has 0 amide bonds. The minimum Gasteiger partial charge on any atom is -0.0487 e. The maximum Gasteiger partial charge on any atom is 0.0788 e. The van der Waals surface area contributed by atoms with Crippen LogP contribution < -0.4 is 0 Å². The second-order valence-corrected chi connectivity index (χ2v) is 7.95. The Kier molecular flexibility index (Phi) is 1.68. The van der Waals surface area contributed by atoms with E-state index in [1.165, 1.54) is 25.7 Å². The summed E-state index contributed by atoms with van der Waals surface area (Å²) in [4.78, 5) is 0. The molecular formula is C10H16P+. The first kappa shape index (κ1) is 7.55. The third-order valence-corrected chi connectivity index (χ3v) is 5.62. The van der Waals surface area contributed by atoms with Crippen molar-refractivity contribution in [2.24, 2.45) is 0 Å². The van der Waals surface area contributed by atoms with Crippen molar-refractivity contribution in [2.45, 2.75) is 25.7 Å². The summed E-state index contributed by atoms with van der Waals surface area (Å²) in [5.41, 5.74) is 1.69. The first-order valence-corrected chi connectivity index (χ1v) is 7.21. The van der Waals surface area contributed by atoms with Gasteiger partial charge in [0.2, 0.25) is 0 Å². The van der Waals surface area contributed by atoms with Gasteiger partial charge in [0.25, 0.3) is 0 Å². The van der Waals surface area contributed by atoms with Crippen molar-refractivity contribution in [3.8, 4) is 0 Å². The van der Waals surface area contributed by atoms with Crippen LogP contribution in [0.25, 0.3) is 0 Å². The van der Waals surface area contributed by atoms with Crippen molar-refractivity contribution in [2.75, 3.05) is 13.3 Å². The molecule has 1 heteroatoms. The minimum absolute atomic E-state index is 0.726. The maximum absolute atomic E-state index is 2.48. The van der Waals surface area contributed by atoms with E-state index in [-0.39, 0.29) is 0 Å². The highest BCUT2D eigenvalue weighted by Crippen LogP contribution is 2.67. The fraction of sp³-hybridized carbons (Fsp3) is 0.600. The van der Waals surface area contributed by atoms with E-state index in [1.807, 2.05) is 5.31 Å². The molecule has 0 aromatic heterocycles. The van der Waals surface area contributed by atoms with Crippen LogP contribution in [0.5, 0.6) is 0 Å². The standard InChI is InChI=1S/C10H16P/c1-11(2)8-7-9-5-3-4-6-10(9)11/h7-8H,3-6H2,1-2H3/q+1. The lowest BCUT2D eigenvalue weighted by atomic mass is 10.00. The van der Waals surface area contributed by atoms with Crippen molar-refractivity contribution in [3.63, 3.8) is 0 Å². The highest BCUT2D eigenvalue weighted by Gasteiger charge is 2.35. The van der Waals surface area contributed by atoms with Crippen molar-refractivity contribution >= 4 is 7.26 Å². The Morgan fingerprint density at radius 3 is 2.64 bits per heavy atom. The zero-order valence-corrected chi connectivity index (χ0v) is 8.32. The molecule has 11 heavy (non-hydrogen) atoms. The summed E-state index contributed by atoms with van der Waals surface area (Å²) in [7, 11) is -0.726. The van der Waals surface area contributed by atoms with Crippen molar-refractivity contribution in [1.29, 1.82) is 0 Å². The third-order valence-electron chi connectivity index (χ3n) is 2.82. The predicted molar refractivity (Wildman–Crippen MR) is 53.4 cm³/mol. The number of hydrogen-bond acceptors (Lipinski definition) is 0. The number of allylic oxidation sites excluding steroid dienone is 3. The largest absolute Gasteiger partial charge is 0.0788 e. The van der Waals surface area contributed by atoms with E-state index in [9.17, 15) is 0 Å². The predicted octanol–water partition coefficient (Wildman–Crippen LogP) is 3.62. The Labute approximate surface area is 69.7 Å². The molecule has 0 aromatic rings. The second-order valence-electron chi connectivity index (χ2n) is 4.03. The smallest absolute Gasteiger partial charge is 0.0487 e. The lowest BCUT2D eigenvalue weighted by Crippen LogP contribution is -1.96. The van der Waals surface area contributed by atoms with Gasteiger partial charge in [0, 0.05) is 6.42 Å². The number of hydrogen-bond donors (Lipinski definition) is 0. The summed E-state index contributed by atoms with van der Waals surface area (Å²) in [5.74, 6) is 2.48. The SMILES string of the molecule is C[P+]1(C)C=CC2=C1CCCC2. The zero-order valence-electron chi connectivity index (χ0n) is 7.43. The molecule has 0 saturated heterocycles. The molecule has 2 aliphatic rings. The monoisotopic (exact) mass is 167 g/mol. The van der Waals surface area contributed by atoms with Crippen LogP contribution in [0.4, 0.5) is 0 Å². The van der Waals surface area contributed by atoms with Gasteiger partial charge >= 0.3 is 0 Å².